The maximum atomic E-state index is 12.3. The molecule has 1 aliphatic heterocycles. The molecule has 0 radical (unpaired) electrons. The number of rotatable bonds is 11. The summed E-state index contributed by atoms with van der Waals surface area (Å²) < 4.78 is 6.61. The van der Waals surface area contributed by atoms with E-state index in [0.29, 0.717) is 0 Å². The Bertz CT molecular complexity index is 737. The van der Waals surface area contributed by atoms with Gasteiger partial charge in [-0.15, -0.1) is 12.4 Å². The zero-order chi connectivity index (χ0) is 21.2. The molecule has 2 aromatic carbocycles. The van der Waals surface area contributed by atoms with E-state index in [0.717, 1.165) is 55.7 Å². The fourth-order valence-corrected chi connectivity index (χ4v) is 4.78. The summed E-state index contributed by atoms with van der Waals surface area (Å²) in [6, 6.07) is 18.9. The molecule has 0 aromatic heterocycles. The van der Waals surface area contributed by atoms with E-state index < -0.39 is 5.60 Å². The molecular formula is C26H37BrClNO2. The first-order valence-electron chi connectivity index (χ1n) is 11.5. The average Bonchev–Trinajstić information content (AvgIpc) is 2.79. The summed E-state index contributed by atoms with van der Waals surface area (Å²) in [6.07, 6.45) is 6.74. The van der Waals surface area contributed by atoms with E-state index in [1.807, 2.05) is 12.1 Å². The Kier molecular flexibility index (Phi) is 11.6. The summed E-state index contributed by atoms with van der Waals surface area (Å²) in [5.74, 6) is 0.0177. The van der Waals surface area contributed by atoms with Crippen molar-refractivity contribution in [2.75, 3.05) is 32.8 Å². The van der Waals surface area contributed by atoms with Crippen molar-refractivity contribution < 1.29 is 9.84 Å². The summed E-state index contributed by atoms with van der Waals surface area (Å²) in [5, 5.41) is 12.3. The van der Waals surface area contributed by atoms with Crippen LogP contribution < -0.4 is 0 Å². The van der Waals surface area contributed by atoms with Gasteiger partial charge in [0.25, 0.3) is 0 Å². The van der Waals surface area contributed by atoms with Gasteiger partial charge in [-0.1, -0.05) is 97.4 Å². The van der Waals surface area contributed by atoms with Crippen LogP contribution in [0.2, 0.25) is 0 Å². The number of hydrogen-bond acceptors (Lipinski definition) is 3. The number of hydrogen-bond donors (Lipinski definition) is 1. The molecule has 2 atom stereocenters. The van der Waals surface area contributed by atoms with Crippen LogP contribution in [0, 0.1) is 0 Å². The number of benzene rings is 2. The summed E-state index contributed by atoms with van der Waals surface area (Å²) in [6.45, 7) is 6.48. The van der Waals surface area contributed by atoms with Gasteiger partial charge in [0, 0.05) is 30.0 Å². The molecule has 1 aliphatic rings. The molecule has 0 spiro atoms. The van der Waals surface area contributed by atoms with Crippen molar-refractivity contribution in [3.8, 4) is 0 Å². The van der Waals surface area contributed by atoms with Crippen molar-refractivity contribution >= 4 is 28.3 Å². The lowest BCUT2D eigenvalue weighted by atomic mass is 9.74. The summed E-state index contributed by atoms with van der Waals surface area (Å²) in [5.41, 5.74) is 1.33. The first-order chi connectivity index (χ1) is 14.6. The van der Waals surface area contributed by atoms with Gasteiger partial charge in [-0.3, -0.25) is 4.90 Å². The van der Waals surface area contributed by atoms with E-state index in [9.17, 15) is 5.11 Å². The van der Waals surface area contributed by atoms with Crippen LogP contribution in [-0.2, 0) is 10.3 Å². The quantitative estimate of drug-likeness (QED) is 0.349. The van der Waals surface area contributed by atoms with E-state index in [1.165, 1.54) is 31.2 Å². The largest absolute Gasteiger partial charge is 0.384 e. The van der Waals surface area contributed by atoms with Crippen LogP contribution >= 0.6 is 28.3 Å². The minimum atomic E-state index is -0.896. The van der Waals surface area contributed by atoms with Gasteiger partial charge in [-0.2, -0.15) is 0 Å². The van der Waals surface area contributed by atoms with Crippen LogP contribution in [0.15, 0.2) is 59.1 Å². The topological polar surface area (TPSA) is 32.7 Å². The van der Waals surface area contributed by atoms with Crippen molar-refractivity contribution in [2.45, 2.75) is 57.0 Å². The minimum Gasteiger partial charge on any atom is -0.384 e. The highest BCUT2D eigenvalue weighted by atomic mass is 79.9. The third-order valence-electron chi connectivity index (χ3n) is 6.33. The molecule has 0 saturated carbocycles. The standard InChI is InChI=1S/C26H36BrNO2.ClH/c1-2-3-4-5-9-16-26(29,23-12-14-24(27)15-13-23)25(22-10-7-6-8-11-22)21-28-17-19-30-20-18-28;/h6-8,10-15,25,29H,2-5,9,16-21H2,1H3;1H. The molecule has 2 aromatic rings. The fraction of sp³-hybridized carbons (Fsp3) is 0.538. The Morgan fingerprint density at radius 2 is 1.61 bits per heavy atom. The van der Waals surface area contributed by atoms with Crippen LogP contribution in [0.4, 0.5) is 0 Å². The van der Waals surface area contributed by atoms with Crippen molar-refractivity contribution in [2.24, 2.45) is 0 Å². The number of aliphatic hydroxyl groups is 1. The zero-order valence-corrected chi connectivity index (χ0v) is 21.0. The van der Waals surface area contributed by atoms with Gasteiger partial charge in [0.05, 0.1) is 18.8 Å². The summed E-state index contributed by atoms with van der Waals surface area (Å²) in [7, 11) is 0. The highest BCUT2D eigenvalue weighted by Gasteiger charge is 2.40. The molecule has 0 aliphatic carbocycles. The second-order valence-electron chi connectivity index (χ2n) is 8.47. The van der Waals surface area contributed by atoms with Crippen molar-refractivity contribution in [3.05, 3.63) is 70.2 Å². The number of unbranched alkanes of at least 4 members (excludes halogenated alkanes) is 4. The Morgan fingerprint density at radius 1 is 0.968 bits per heavy atom. The van der Waals surface area contributed by atoms with Gasteiger partial charge >= 0.3 is 0 Å². The normalized spacial score (nSPS) is 17.5. The number of morpholine rings is 1. The molecule has 3 rings (SSSR count). The molecule has 0 amide bonds. The highest BCUT2D eigenvalue weighted by molar-refractivity contribution is 9.10. The van der Waals surface area contributed by atoms with Crippen LogP contribution in [0.1, 0.15) is 62.5 Å². The lowest BCUT2D eigenvalue weighted by Gasteiger charge is -2.41. The monoisotopic (exact) mass is 509 g/mol. The molecule has 1 N–H and O–H groups in total. The van der Waals surface area contributed by atoms with E-state index in [1.54, 1.807) is 0 Å². The first-order valence-corrected chi connectivity index (χ1v) is 12.3. The first kappa shape index (κ1) is 26.3. The molecule has 3 nitrogen and oxygen atoms in total. The van der Waals surface area contributed by atoms with E-state index >= 15 is 0 Å². The maximum Gasteiger partial charge on any atom is 0.0977 e. The maximum absolute atomic E-state index is 12.3. The molecule has 1 saturated heterocycles. The van der Waals surface area contributed by atoms with Crippen LogP contribution in [-0.4, -0.2) is 42.9 Å². The molecule has 1 heterocycles. The lowest BCUT2D eigenvalue weighted by Crippen LogP contribution is -2.45. The van der Waals surface area contributed by atoms with Gasteiger partial charge in [0.15, 0.2) is 0 Å². The van der Waals surface area contributed by atoms with E-state index in [4.69, 9.17) is 4.74 Å². The molecule has 5 heteroatoms. The van der Waals surface area contributed by atoms with Gasteiger partial charge in [0.1, 0.15) is 0 Å². The number of ether oxygens (including phenoxy) is 1. The predicted molar refractivity (Wildman–Crippen MR) is 135 cm³/mol. The summed E-state index contributed by atoms with van der Waals surface area (Å²) in [4.78, 5) is 2.45. The predicted octanol–water partition coefficient (Wildman–Crippen LogP) is 6.54. The minimum absolute atomic E-state index is 0. The van der Waals surface area contributed by atoms with Gasteiger partial charge < -0.3 is 9.84 Å². The molecule has 0 bridgehead atoms. The SMILES string of the molecule is CCCCCCCC(O)(c1ccc(Br)cc1)C(CN1CCOCC1)c1ccccc1.Cl. The van der Waals surface area contributed by atoms with Crippen LogP contribution in [0.5, 0.6) is 0 Å². The third-order valence-corrected chi connectivity index (χ3v) is 6.86. The molecule has 1 fully saturated rings. The zero-order valence-electron chi connectivity index (χ0n) is 18.6. The Balaban J connectivity index is 0.00000341. The van der Waals surface area contributed by atoms with E-state index in [2.05, 4.69) is 70.2 Å². The summed E-state index contributed by atoms with van der Waals surface area (Å²) >= 11 is 3.55. The smallest absolute Gasteiger partial charge is 0.0977 e. The average molecular weight is 511 g/mol. The molecular weight excluding hydrogens is 474 g/mol. The Morgan fingerprint density at radius 3 is 2.26 bits per heavy atom. The van der Waals surface area contributed by atoms with Crippen molar-refractivity contribution in [3.63, 3.8) is 0 Å². The highest BCUT2D eigenvalue weighted by Crippen LogP contribution is 2.42. The number of halogens is 2. The fourth-order valence-electron chi connectivity index (χ4n) is 4.52. The van der Waals surface area contributed by atoms with Crippen LogP contribution in [0.25, 0.3) is 0 Å². The van der Waals surface area contributed by atoms with Crippen LogP contribution in [0.3, 0.4) is 0 Å². The second-order valence-corrected chi connectivity index (χ2v) is 9.39. The third kappa shape index (κ3) is 7.57. The Labute approximate surface area is 202 Å². The lowest BCUT2D eigenvalue weighted by molar-refractivity contribution is -0.0296. The molecule has 2 unspecified atom stereocenters. The van der Waals surface area contributed by atoms with Crippen molar-refractivity contribution in [1.29, 1.82) is 0 Å². The second kappa shape index (κ2) is 13.6. The molecule has 172 valence electrons. The number of nitrogens with zero attached hydrogens (tertiary/aromatic N) is 1. The van der Waals surface area contributed by atoms with Crippen molar-refractivity contribution in [1.82, 2.24) is 4.90 Å². The Hall–Kier alpha value is -0.910. The van der Waals surface area contributed by atoms with E-state index in [-0.39, 0.29) is 18.3 Å². The van der Waals surface area contributed by atoms with Gasteiger partial charge in [-0.25, -0.2) is 0 Å². The molecule has 31 heavy (non-hydrogen) atoms. The van der Waals surface area contributed by atoms with Gasteiger partial charge in [-0.05, 0) is 29.7 Å². The van der Waals surface area contributed by atoms with Gasteiger partial charge in [0.2, 0.25) is 0 Å².